The molecule has 0 N–H and O–H groups in total. The van der Waals surface area contributed by atoms with Gasteiger partial charge in [-0.3, -0.25) is 0 Å². The third-order valence-electron chi connectivity index (χ3n) is 8.15. The van der Waals surface area contributed by atoms with Gasteiger partial charge in [0.25, 0.3) is 0 Å². The summed E-state index contributed by atoms with van der Waals surface area (Å²) in [6, 6.07) is 8.75. The summed E-state index contributed by atoms with van der Waals surface area (Å²) < 4.78 is 30.6. The van der Waals surface area contributed by atoms with Gasteiger partial charge in [0.15, 0.2) is 5.58 Å². The van der Waals surface area contributed by atoms with Crippen LogP contribution in [0, 0.1) is 12.7 Å². The monoisotopic (exact) mass is 504 g/mol. The number of benzene rings is 2. The summed E-state index contributed by atoms with van der Waals surface area (Å²) in [5.74, 6) is 0.856. The first kappa shape index (κ1) is 24.2. The molecule has 1 aliphatic carbocycles. The maximum atomic E-state index is 13.4. The van der Waals surface area contributed by atoms with E-state index in [1.807, 2.05) is 13.0 Å². The highest BCUT2D eigenvalue weighted by molar-refractivity contribution is 5.86. The van der Waals surface area contributed by atoms with Gasteiger partial charge in [0.1, 0.15) is 17.1 Å². The van der Waals surface area contributed by atoms with E-state index >= 15 is 0 Å². The topological polar surface area (TPSA) is 68.7 Å². The maximum absolute atomic E-state index is 13.4. The van der Waals surface area contributed by atoms with Crippen LogP contribution in [0.1, 0.15) is 66.8 Å². The van der Waals surface area contributed by atoms with Gasteiger partial charge in [0.2, 0.25) is 0 Å². The maximum Gasteiger partial charge on any atom is 0.339 e. The van der Waals surface area contributed by atoms with Crippen LogP contribution in [0.2, 0.25) is 0 Å². The lowest BCUT2D eigenvalue weighted by Crippen LogP contribution is -2.34. The van der Waals surface area contributed by atoms with Gasteiger partial charge in [0.05, 0.1) is 12.3 Å². The number of rotatable bonds is 7. The van der Waals surface area contributed by atoms with Crippen LogP contribution in [0.5, 0.6) is 5.75 Å². The Labute approximate surface area is 215 Å². The predicted molar refractivity (Wildman–Crippen MR) is 141 cm³/mol. The van der Waals surface area contributed by atoms with Gasteiger partial charge in [-0.25, -0.2) is 9.18 Å². The molecule has 0 atom stereocenters. The molecule has 0 radical (unpaired) electrons. The third kappa shape index (κ3) is 4.77. The molecule has 7 heteroatoms. The van der Waals surface area contributed by atoms with Gasteiger partial charge in [-0.1, -0.05) is 5.16 Å². The van der Waals surface area contributed by atoms with Crippen LogP contribution in [0.15, 0.2) is 44.1 Å². The average molecular weight is 505 g/mol. The zero-order valence-electron chi connectivity index (χ0n) is 21.4. The molecular formula is C30H33FN2O4. The molecule has 2 aromatic heterocycles. The normalized spacial score (nSPS) is 16.9. The molecule has 194 valence electrons. The van der Waals surface area contributed by atoms with Crippen molar-refractivity contribution in [2.24, 2.45) is 0 Å². The number of aryl methyl sites for hydroxylation is 2. The zero-order valence-corrected chi connectivity index (χ0v) is 21.4. The van der Waals surface area contributed by atoms with Crippen LogP contribution in [-0.4, -0.2) is 36.3 Å². The van der Waals surface area contributed by atoms with E-state index in [1.54, 1.807) is 6.07 Å². The molecule has 0 bridgehead atoms. The minimum absolute atomic E-state index is 0.183. The van der Waals surface area contributed by atoms with Gasteiger partial charge in [-0.2, -0.15) is 0 Å². The molecule has 37 heavy (non-hydrogen) atoms. The number of hydrogen-bond donors (Lipinski definition) is 0. The van der Waals surface area contributed by atoms with E-state index in [4.69, 9.17) is 13.7 Å². The number of halogens is 1. The van der Waals surface area contributed by atoms with Crippen LogP contribution in [0.25, 0.3) is 21.9 Å². The molecule has 1 saturated heterocycles. The summed E-state index contributed by atoms with van der Waals surface area (Å²) in [5.41, 5.74) is 4.92. The highest BCUT2D eigenvalue weighted by Gasteiger charge is 2.25. The number of unbranched alkanes of at least 4 members (excludes halogenated alkanes) is 1. The molecule has 0 saturated carbocycles. The first-order valence-corrected chi connectivity index (χ1v) is 13.6. The Kier molecular flexibility index (Phi) is 6.72. The fraction of sp³-hybridized carbons (Fsp3) is 0.467. The van der Waals surface area contributed by atoms with Crippen molar-refractivity contribution in [3.8, 4) is 5.75 Å². The van der Waals surface area contributed by atoms with Crippen LogP contribution in [0.4, 0.5) is 4.39 Å². The first-order valence-electron chi connectivity index (χ1n) is 13.6. The van der Waals surface area contributed by atoms with Crippen LogP contribution in [-0.2, 0) is 12.8 Å². The molecule has 1 aliphatic heterocycles. The van der Waals surface area contributed by atoms with Crippen molar-refractivity contribution in [1.29, 1.82) is 0 Å². The molecular weight excluding hydrogens is 471 g/mol. The predicted octanol–water partition coefficient (Wildman–Crippen LogP) is 6.30. The number of aromatic nitrogens is 1. The van der Waals surface area contributed by atoms with Crippen molar-refractivity contribution in [1.82, 2.24) is 10.1 Å². The smallest absolute Gasteiger partial charge is 0.339 e. The lowest BCUT2D eigenvalue weighted by molar-refractivity contribution is 0.199. The standard InChI is InChI=1S/C30H33FN2O4/c1-19-26(11-10-23-22-6-2-3-7-24(22)30(34)36-29(19)23)35-17-5-4-14-33-15-12-20(13-16-33)28-25-9-8-21(31)18-27(25)37-32-28/h8-11,18,20H,2-7,12-17H2,1H3. The number of fused-ring (bicyclic) bond motifs is 4. The Morgan fingerprint density at radius 2 is 1.84 bits per heavy atom. The molecule has 6 rings (SSSR count). The average Bonchev–Trinajstić information content (AvgIpc) is 3.33. The third-order valence-corrected chi connectivity index (χ3v) is 8.15. The minimum atomic E-state index is -0.296. The van der Waals surface area contributed by atoms with Crippen LogP contribution < -0.4 is 10.4 Å². The summed E-state index contributed by atoms with van der Waals surface area (Å²) in [4.78, 5) is 15.0. The molecule has 0 amide bonds. The molecule has 0 unspecified atom stereocenters. The first-order chi connectivity index (χ1) is 18.1. The van der Waals surface area contributed by atoms with Crippen molar-refractivity contribution in [3.05, 3.63) is 69.0 Å². The quantitative estimate of drug-likeness (QED) is 0.217. The highest BCUT2D eigenvalue weighted by Crippen LogP contribution is 2.34. The van der Waals surface area contributed by atoms with Crippen LogP contribution in [0.3, 0.4) is 0 Å². The van der Waals surface area contributed by atoms with Crippen molar-refractivity contribution in [2.75, 3.05) is 26.2 Å². The van der Waals surface area contributed by atoms with Gasteiger partial charge in [0, 0.05) is 33.9 Å². The largest absolute Gasteiger partial charge is 0.493 e. The Morgan fingerprint density at radius 3 is 2.68 bits per heavy atom. The molecule has 1 fully saturated rings. The Hall–Kier alpha value is -3.19. The SMILES string of the molecule is Cc1c(OCCCCN2CCC(c3noc4cc(F)ccc34)CC2)ccc2c3c(c(=O)oc12)CCCC3. The molecule has 6 nitrogen and oxygen atoms in total. The molecule has 0 spiro atoms. The van der Waals surface area contributed by atoms with E-state index in [9.17, 15) is 9.18 Å². The second kappa shape index (κ2) is 10.3. The number of likely N-dealkylation sites (tertiary alicyclic amines) is 1. The van der Waals surface area contributed by atoms with E-state index in [2.05, 4.69) is 16.1 Å². The molecule has 3 heterocycles. The van der Waals surface area contributed by atoms with Crippen molar-refractivity contribution in [3.63, 3.8) is 0 Å². The van der Waals surface area contributed by atoms with E-state index in [0.29, 0.717) is 23.7 Å². The van der Waals surface area contributed by atoms with Crippen molar-refractivity contribution >= 4 is 21.9 Å². The fourth-order valence-electron chi connectivity index (χ4n) is 6.06. The summed E-state index contributed by atoms with van der Waals surface area (Å²) >= 11 is 0. The van der Waals surface area contributed by atoms with Crippen LogP contribution >= 0.6 is 0 Å². The summed E-state index contributed by atoms with van der Waals surface area (Å²) in [7, 11) is 0. The van der Waals surface area contributed by atoms with Gasteiger partial charge in [-0.15, -0.1) is 0 Å². The molecule has 2 aliphatic rings. The molecule has 2 aromatic carbocycles. The number of hydrogen-bond acceptors (Lipinski definition) is 6. The Morgan fingerprint density at radius 1 is 1.05 bits per heavy atom. The zero-order chi connectivity index (χ0) is 25.4. The summed E-state index contributed by atoms with van der Waals surface area (Å²) in [6.45, 7) is 5.70. The number of piperidine rings is 1. The van der Waals surface area contributed by atoms with Crippen molar-refractivity contribution in [2.45, 2.75) is 64.2 Å². The second-order valence-electron chi connectivity index (χ2n) is 10.5. The highest BCUT2D eigenvalue weighted by atomic mass is 19.1. The summed E-state index contributed by atoms with van der Waals surface area (Å²) in [6.07, 6.45) is 8.03. The fourth-order valence-corrected chi connectivity index (χ4v) is 6.06. The summed E-state index contributed by atoms with van der Waals surface area (Å²) in [5, 5.41) is 6.25. The van der Waals surface area contributed by atoms with Gasteiger partial charge >= 0.3 is 5.63 Å². The van der Waals surface area contributed by atoms with E-state index in [-0.39, 0.29) is 11.4 Å². The Bertz CT molecular complexity index is 1480. The van der Waals surface area contributed by atoms with E-state index < -0.39 is 0 Å². The Balaban J connectivity index is 0.991. The van der Waals surface area contributed by atoms with E-state index in [0.717, 1.165) is 104 Å². The minimum Gasteiger partial charge on any atom is -0.493 e. The lowest BCUT2D eigenvalue weighted by Gasteiger charge is -2.31. The molecule has 4 aromatic rings. The second-order valence-corrected chi connectivity index (χ2v) is 10.5. The van der Waals surface area contributed by atoms with Gasteiger partial charge in [-0.05, 0) is 108 Å². The number of nitrogens with zero attached hydrogens (tertiary/aromatic N) is 2. The van der Waals surface area contributed by atoms with Crippen molar-refractivity contribution < 1.29 is 18.1 Å². The number of ether oxygens (including phenoxy) is 1. The van der Waals surface area contributed by atoms with Gasteiger partial charge < -0.3 is 18.6 Å². The van der Waals surface area contributed by atoms with E-state index in [1.165, 1.54) is 17.7 Å². The lowest BCUT2D eigenvalue weighted by atomic mass is 9.90.